The minimum atomic E-state index is -0.434. The fourth-order valence-electron chi connectivity index (χ4n) is 3.86. The van der Waals surface area contributed by atoms with Crippen molar-refractivity contribution in [1.82, 2.24) is 15.3 Å². The Morgan fingerprint density at radius 1 is 1.23 bits per heavy atom. The molecule has 1 aromatic carbocycles. The molecule has 3 heterocycles. The van der Waals surface area contributed by atoms with Crippen molar-refractivity contribution in [2.45, 2.75) is 40.0 Å². The number of H-pyrrole nitrogens is 1. The summed E-state index contributed by atoms with van der Waals surface area (Å²) in [5.74, 6) is 0.393. The van der Waals surface area contributed by atoms with Gasteiger partial charge in [0, 0.05) is 18.3 Å². The number of nitrogens with zero attached hydrogens (tertiary/aromatic N) is 4. The summed E-state index contributed by atoms with van der Waals surface area (Å²) in [7, 11) is 0. The zero-order valence-corrected chi connectivity index (χ0v) is 18.1. The summed E-state index contributed by atoms with van der Waals surface area (Å²) in [5, 5.41) is 17.1. The maximum atomic E-state index is 12.4. The lowest BCUT2D eigenvalue weighted by molar-refractivity contribution is 0.248. The second kappa shape index (κ2) is 7.73. The highest BCUT2D eigenvalue weighted by Crippen LogP contribution is 2.28. The highest BCUT2D eigenvalue weighted by Gasteiger charge is 2.25. The summed E-state index contributed by atoms with van der Waals surface area (Å²) >= 11 is 0. The fourth-order valence-corrected chi connectivity index (χ4v) is 3.86. The van der Waals surface area contributed by atoms with E-state index in [0.29, 0.717) is 18.0 Å². The predicted molar refractivity (Wildman–Crippen MR) is 122 cm³/mol. The van der Waals surface area contributed by atoms with Crippen LogP contribution in [0.1, 0.15) is 47.7 Å². The summed E-state index contributed by atoms with van der Waals surface area (Å²) in [4.78, 5) is 20.6. The molecule has 7 nitrogen and oxygen atoms in total. The van der Waals surface area contributed by atoms with Gasteiger partial charge in [0.1, 0.15) is 6.07 Å². The standard InChI is InChI=1S/C24H24N6O/c1-13(2)20-12-26-21-7-6-17(28-23(20)21)10-19-14(3)8-18(9-15(19)4)30-24(31)27-16(5)22(11-25)29-30/h6-9,12-13,26H,5,10H2,1-4H3,(H,27,31). The van der Waals surface area contributed by atoms with Crippen LogP contribution in [-0.4, -0.2) is 21.7 Å². The van der Waals surface area contributed by atoms with Crippen molar-refractivity contribution >= 4 is 28.5 Å². The van der Waals surface area contributed by atoms with Crippen LogP contribution in [0.15, 0.2) is 47.8 Å². The van der Waals surface area contributed by atoms with Crippen LogP contribution in [0, 0.1) is 25.2 Å². The SMILES string of the molecule is C=C1NC(=O)N(c2cc(C)c(Cc3ccc4[nH]cc(C(C)C)c4n3)c(C)c2)N=C1C#N. The maximum Gasteiger partial charge on any atom is 0.347 e. The molecule has 0 bridgehead atoms. The molecule has 1 aliphatic heterocycles. The third-order valence-electron chi connectivity index (χ3n) is 5.56. The van der Waals surface area contributed by atoms with Crippen LogP contribution in [0.3, 0.4) is 0 Å². The number of allylic oxidation sites excluding steroid dienone is 1. The first kappa shape index (κ1) is 20.4. The average Bonchev–Trinajstić information content (AvgIpc) is 3.14. The quantitative estimate of drug-likeness (QED) is 0.643. The molecule has 2 aromatic heterocycles. The van der Waals surface area contributed by atoms with Gasteiger partial charge in [-0.05, 0) is 66.3 Å². The van der Waals surface area contributed by atoms with Crippen LogP contribution in [0.5, 0.6) is 0 Å². The molecule has 2 N–H and O–H groups in total. The normalized spacial score (nSPS) is 14.1. The highest BCUT2D eigenvalue weighted by molar-refractivity contribution is 6.17. The van der Waals surface area contributed by atoms with E-state index < -0.39 is 6.03 Å². The molecule has 0 unspecified atom stereocenters. The Morgan fingerprint density at radius 3 is 2.58 bits per heavy atom. The van der Waals surface area contributed by atoms with E-state index in [-0.39, 0.29) is 11.4 Å². The molecule has 0 fully saturated rings. The second-order valence-electron chi connectivity index (χ2n) is 8.11. The molecule has 31 heavy (non-hydrogen) atoms. The number of aryl methyl sites for hydroxylation is 2. The zero-order valence-electron chi connectivity index (χ0n) is 18.1. The van der Waals surface area contributed by atoms with Gasteiger partial charge in [-0.15, -0.1) is 0 Å². The molecule has 0 aliphatic carbocycles. The number of benzene rings is 1. The fraction of sp³-hybridized carbons (Fsp3) is 0.250. The Balaban J connectivity index is 1.69. The molecular formula is C24H24N6O. The Bertz CT molecular complexity index is 1270. The molecule has 4 rings (SSSR count). The monoisotopic (exact) mass is 412 g/mol. The van der Waals surface area contributed by atoms with Gasteiger partial charge in [0.2, 0.25) is 0 Å². The number of hydrogen-bond donors (Lipinski definition) is 2. The first-order valence-electron chi connectivity index (χ1n) is 10.1. The van der Waals surface area contributed by atoms with E-state index in [1.807, 2.05) is 44.3 Å². The van der Waals surface area contributed by atoms with Crippen LogP contribution in [0.2, 0.25) is 0 Å². The van der Waals surface area contributed by atoms with Gasteiger partial charge < -0.3 is 10.3 Å². The molecule has 0 atom stereocenters. The smallest absolute Gasteiger partial charge is 0.347 e. The zero-order chi connectivity index (χ0) is 22.3. The van der Waals surface area contributed by atoms with Crippen LogP contribution in [0.25, 0.3) is 11.0 Å². The summed E-state index contributed by atoms with van der Waals surface area (Å²) in [5.41, 5.74) is 8.38. The van der Waals surface area contributed by atoms with Crippen molar-refractivity contribution < 1.29 is 4.79 Å². The molecule has 2 amide bonds. The van der Waals surface area contributed by atoms with Crippen molar-refractivity contribution in [3.05, 3.63) is 70.7 Å². The number of aromatic amines is 1. The lowest BCUT2D eigenvalue weighted by Gasteiger charge is -2.24. The summed E-state index contributed by atoms with van der Waals surface area (Å²) in [6.45, 7) is 12.0. The second-order valence-corrected chi connectivity index (χ2v) is 8.11. The van der Waals surface area contributed by atoms with Gasteiger partial charge in [-0.25, -0.2) is 4.79 Å². The number of amides is 2. The average molecular weight is 412 g/mol. The van der Waals surface area contributed by atoms with Gasteiger partial charge in [-0.2, -0.15) is 15.4 Å². The van der Waals surface area contributed by atoms with E-state index in [2.05, 4.69) is 41.9 Å². The molecular weight excluding hydrogens is 388 g/mol. The van der Waals surface area contributed by atoms with Gasteiger partial charge in [-0.3, -0.25) is 4.98 Å². The van der Waals surface area contributed by atoms with Gasteiger partial charge in [0.25, 0.3) is 0 Å². The molecule has 1 aliphatic rings. The van der Waals surface area contributed by atoms with Crippen molar-refractivity contribution in [3.8, 4) is 6.07 Å². The van der Waals surface area contributed by atoms with Crippen LogP contribution < -0.4 is 10.3 Å². The molecule has 0 radical (unpaired) electrons. The van der Waals surface area contributed by atoms with E-state index in [1.54, 1.807) is 0 Å². The number of carbonyl (C=O) groups excluding carboxylic acids is 1. The predicted octanol–water partition coefficient (Wildman–Crippen LogP) is 4.82. The third-order valence-corrected chi connectivity index (χ3v) is 5.56. The maximum absolute atomic E-state index is 12.4. The van der Waals surface area contributed by atoms with Gasteiger partial charge in [0.15, 0.2) is 5.71 Å². The largest absolute Gasteiger partial charge is 0.360 e. The number of nitrogens with one attached hydrogen (secondary N) is 2. The summed E-state index contributed by atoms with van der Waals surface area (Å²) in [6.07, 6.45) is 2.72. The minimum Gasteiger partial charge on any atom is -0.360 e. The molecule has 7 heteroatoms. The number of hydrogen-bond acceptors (Lipinski definition) is 4. The number of carbonyl (C=O) groups is 1. The van der Waals surface area contributed by atoms with Crippen molar-refractivity contribution in [2.75, 3.05) is 5.01 Å². The minimum absolute atomic E-state index is 0.0870. The van der Waals surface area contributed by atoms with Crippen LogP contribution in [-0.2, 0) is 6.42 Å². The van der Waals surface area contributed by atoms with E-state index in [1.165, 1.54) is 10.6 Å². The van der Waals surface area contributed by atoms with Gasteiger partial charge >= 0.3 is 6.03 Å². The summed E-state index contributed by atoms with van der Waals surface area (Å²) in [6, 6.07) is 9.45. The number of rotatable bonds is 4. The number of nitriles is 1. The molecule has 3 aromatic rings. The molecule has 0 saturated heterocycles. The number of hydrazone groups is 1. The number of urea groups is 1. The van der Waals surface area contributed by atoms with E-state index in [9.17, 15) is 10.1 Å². The van der Waals surface area contributed by atoms with Gasteiger partial charge in [0.05, 0.1) is 22.4 Å². The Morgan fingerprint density at radius 2 is 1.94 bits per heavy atom. The Kier molecular flexibility index (Phi) is 5.07. The number of fused-ring (bicyclic) bond motifs is 1. The molecule has 0 saturated carbocycles. The third kappa shape index (κ3) is 3.68. The Labute approximate surface area is 181 Å². The van der Waals surface area contributed by atoms with Crippen molar-refractivity contribution in [2.24, 2.45) is 5.10 Å². The van der Waals surface area contributed by atoms with Crippen molar-refractivity contribution in [1.29, 1.82) is 5.26 Å². The summed E-state index contributed by atoms with van der Waals surface area (Å²) < 4.78 is 0. The first-order chi connectivity index (χ1) is 14.8. The first-order valence-corrected chi connectivity index (χ1v) is 10.1. The van der Waals surface area contributed by atoms with Crippen LogP contribution in [0.4, 0.5) is 10.5 Å². The highest BCUT2D eigenvalue weighted by atomic mass is 16.2. The number of pyridine rings is 1. The molecule has 0 spiro atoms. The lowest BCUT2D eigenvalue weighted by atomic mass is 9.97. The van der Waals surface area contributed by atoms with Gasteiger partial charge in [-0.1, -0.05) is 20.4 Å². The van der Waals surface area contributed by atoms with E-state index in [4.69, 9.17) is 4.98 Å². The van der Waals surface area contributed by atoms with E-state index >= 15 is 0 Å². The number of aromatic nitrogens is 2. The molecule has 156 valence electrons. The topological polar surface area (TPSA) is 97.2 Å². The number of anilines is 1. The lowest BCUT2D eigenvalue weighted by Crippen LogP contribution is -2.43. The van der Waals surface area contributed by atoms with Crippen LogP contribution >= 0.6 is 0 Å². The Hall–Kier alpha value is -3.92. The van der Waals surface area contributed by atoms with E-state index in [0.717, 1.165) is 33.4 Å². The van der Waals surface area contributed by atoms with Crippen molar-refractivity contribution in [3.63, 3.8) is 0 Å².